The summed E-state index contributed by atoms with van der Waals surface area (Å²) in [6, 6.07) is 7.79. The van der Waals surface area contributed by atoms with Crippen LogP contribution in [-0.4, -0.2) is 24.8 Å². The number of hydrogen-bond donors (Lipinski definition) is 0. The van der Waals surface area contributed by atoms with Gasteiger partial charge in [0.2, 0.25) is 10.0 Å². The summed E-state index contributed by atoms with van der Waals surface area (Å²) in [5.74, 6) is -0.434. The van der Waals surface area contributed by atoms with Crippen molar-refractivity contribution in [2.75, 3.05) is 7.05 Å². The normalized spacial score (nSPS) is 11.9. The number of halogens is 1. The van der Waals surface area contributed by atoms with Gasteiger partial charge in [0, 0.05) is 13.2 Å². The van der Waals surface area contributed by atoms with Crippen molar-refractivity contribution in [2.24, 2.45) is 0 Å². The van der Waals surface area contributed by atoms with Crippen molar-refractivity contribution in [3.63, 3.8) is 0 Å². The first-order valence-electron chi connectivity index (χ1n) is 6.45. The smallest absolute Gasteiger partial charge is 0.243 e. The first kappa shape index (κ1) is 15.6. The van der Waals surface area contributed by atoms with Gasteiger partial charge in [0.05, 0.1) is 17.1 Å². The predicted molar refractivity (Wildman–Crippen MR) is 78.8 cm³/mol. The Morgan fingerprint density at radius 2 is 1.81 bits per heavy atom. The number of pyridine rings is 1. The van der Waals surface area contributed by atoms with Crippen molar-refractivity contribution in [1.82, 2.24) is 9.29 Å². The Morgan fingerprint density at radius 1 is 1.19 bits per heavy atom. The third-order valence-electron chi connectivity index (χ3n) is 3.20. The lowest BCUT2D eigenvalue weighted by molar-refractivity contribution is 0.461. The molecule has 1 aromatic heterocycles. The van der Waals surface area contributed by atoms with Crippen molar-refractivity contribution in [2.45, 2.75) is 25.3 Å². The predicted octanol–water partition coefficient (Wildman–Crippen LogP) is 2.66. The summed E-state index contributed by atoms with van der Waals surface area (Å²) in [5, 5.41) is 0. The standard InChI is InChI=1S/C15H17FN2O2S/c1-11-8-13(16)9-12(2)15(11)21(19,20)18(3)10-14-6-4-5-7-17-14/h4-9H,10H2,1-3H3. The molecule has 0 atom stereocenters. The minimum atomic E-state index is -3.69. The molecule has 1 aromatic carbocycles. The lowest BCUT2D eigenvalue weighted by Gasteiger charge is -2.19. The minimum absolute atomic E-state index is 0.155. The Bertz CT molecular complexity index is 723. The second-order valence-corrected chi connectivity index (χ2v) is 6.93. The lowest BCUT2D eigenvalue weighted by Crippen LogP contribution is -2.28. The highest BCUT2D eigenvalue weighted by Crippen LogP contribution is 2.25. The Balaban J connectivity index is 2.38. The van der Waals surface area contributed by atoms with Gasteiger partial charge in [-0.3, -0.25) is 4.98 Å². The van der Waals surface area contributed by atoms with Gasteiger partial charge in [0.15, 0.2) is 0 Å². The quantitative estimate of drug-likeness (QED) is 0.872. The van der Waals surface area contributed by atoms with Gasteiger partial charge < -0.3 is 0 Å². The van der Waals surface area contributed by atoms with Crippen LogP contribution in [0.5, 0.6) is 0 Å². The second-order valence-electron chi connectivity index (χ2n) is 4.95. The third-order valence-corrected chi connectivity index (χ3v) is 5.31. The van der Waals surface area contributed by atoms with Crippen LogP contribution in [0.4, 0.5) is 4.39 Å². The Labute approximate surface area is 124 Å². The Morgan fingerprint density at radius 3 is 2.33 bits per heavy atom. The molecule has 1 heterocycles. The van der Waals surface area contributed by atoms with E-state index in [1.54, 1.807) is 38.2 Å². The van der Waals surface area contributed by atoms with Crippen molar-refractivity contribution in [1.29, 1.82) is 0 Å². The molecule has 0 unspecified atom stereocenters. The molecule has 0 aliphatic heterocycles. The van der Waals surface area contributed by atoms with Gasteiger partial charge in [-0.25, -0.2) is 12.8 Å². The maximum absolute atomic E-state index is 13.3. The highest BCUT2D eigenvalue weighted by Gasteiger charge is 2.25. The van der Waals surface area contributed by atoms with Crippen LogP contribution in [0.15, 0.2) is 41.4 Å². The van der Waals surface area contributed by atoms with Crippen LogP contribution in [0, 0.1) is 19.7 Å². The van der Waals surface area contributed by atoms with Crippen molar-refractivity contribution in [3.05, 3.63) is 59.2 Å². The van der Waals surface area contributed by atoms with Gasteiger partial charge in [-0.15, -0.1) is 0 Å². The summed E-state index contributed by atoms with van der Waals surface area (Å²) in [5.41, 5.74) is 1.46. The van der Waals surface area contributed by atoms with Gasteiger partial charge in [0.1, 0.15) is 5.82 Å². The number of nitrogens with zero attached hydrogens (tertiary/aromatic N) is 2. The van der Waals surface area contributed by atoms with Crippen LogP contribution >= 0.6 is 0 Å². The molecule has 0 N–H and O–H groups in total. The highest BCUT2D eigenvalue weighted by atomic mass is 32.2. The van der Waals surface area contributed by atoms with Crippen LogP contribution in [-0.2, 0) is 16.6 Å². The summed E-state index contributed by atoms with van der Waals surface area (Å²) in [7, 11) is -2.20. The molecular formula is C15H17FN2O2S. The van der Waals surface area contributed by atoms with E-state index in [0.717, 1.165) is 0 Å². The number of rotatable bonds is 4. The monoisotopic (exact) mass is 308 g/mol. The van der Waals surface area contributed by atoms with Gasteiger partial charge in [-0.05, 0) is 49.2 Å². The molecule has 0 radical (unpaired) electrons. The van der Waals surface area contributed by atoms with Gasteiger partial charge in [-0.1, -0.05) is 6.07 Å². The number of aryl methyl sites for hydroxylation is 2. The maximum Gasteiger partial charge on any atom is 0.243 e. The zero-order valence-corrected chi connectivity index (χ0v) is 13.0. The molecule has 0 aliphatic carbocycles. The van der Waals surface area contributed by atoms with Crippen molar-refractivity contribution < 1.29 is 12.8 Å². The molecule has 0 aliphatic rings. The molecule has 0 spiro atoms. The summed E-state index contributed by atoms with van der Waals surface area (Å²) in [4.78, 5) is 4.27. The number of hydrogen-bond acceptors (Lipinski definition) is 3. The van der Waals surface area contributed by atoms with Gasteiger partial charge in [0.25, 0.3) is 0 Å². The summed E-state index contributed by atoms with van der Waals surface area (Å²) >= 11 is 0. The summed E-state index contributed by atoms with van der Waals surface area (Å²) in [6.07, 6.45) is 1.62. The van der Waals surface area contributed by atoms with Crippen LogP contribution < -0.4 is 0 Å². The van der Waals surface area contributed by atoms with E-state index in [9.17, 15) is 12.8 Å². The molecule has 0 saturated heterocycles. The molecule has 4 nitrogen and oxygen atoms in total. The fraction of sp³-hybridized carbons (Fsp3) is 0.267. The molecule has 112 valence electrons. The largest absolute Gasteiger partial charge is 0.260 e. The van der Waals surface area contributed by atoms with Gasteiger partial charge in [-0.2, -0.15) is 4.31 Å². The Hall–Kier alpha value is -1.79. The number of aromatic nitrogens is 1. The lowest BCUT2D eigenvalue weighted by atomic mass is 10.1. The van der Waals surface area contributed by atoms with Crippen molar-refractivity contribution in [3.8, 4) is 0 Å². The second kappa shape index (κ2) is 5.91. The van der Waals surface area contributed by atoms with Crippen LogP contribution in [0.3, 0.4) is 0 Å². The van der Waals surface area contributed by atoms with E-state index in [2.05, 4.69) is 4.98 Å². The molecule has 6 heteroatoms. The van der Waals surface area contributed by atoms with E-state index in [4.69, 9.17) is 0 Å². The maximum atomic E-state index is 13.3. The zero-order valence-electron chi connectivity index (χ0n) is 12.2. The molecular weight excluding hydrogens is 291 g/mol. The summed E-state index contributed by atoms with van der Waals surface area (Å²) < 4.78 is 39.9. The molecule has 21 heavy (non-hydrogen) atoms. The molecule has 2 aromatic rings. The van der Waals surface area contributed by atoms with E-state index in [1.165, 1.54) is 23.5 Å². The fourth-order valence-electron chi connectivity index (χ4n) is 2.26. The molecule has 0 fully saturated rings. The first-order chi connectivity index (χ1) is 9.82. The molecule has 2 rings (SSSR count). The summed E-state index contributed by atoms with van der Waals surface area (Å²) in [6.45, 7) is 3.36. The van der Waals surface area contributed by atoms with E-state index < -0.39 is 15.8 Å². The van der Waals surface area contributed by atoms with Crippen LogP contribution in [0.25, 0.3) is 0 Å². The molecule has 0 amide bonds. The molecule has 0 bridgehead atoms. The third kappa shape index (κ3) is 3.28. The topological polar surface area (TPSA) is 50.3 Å². The minimum Gasteiger partial charge on any atom is -0.260 e. The highest BCUT2D eigenvalue weighted by molar-refractivity contribution is 7.89. The SMILES string of the molecule is Cc1cc(F)cc(C)c1S(=O)(=O)N(C)Cc1ccccn1. The first-order valence-corrected chi connectivity index (χ1v) is 7.89. The molecule has 0 saturated carbocycles. The Kier molecular flexibility index (Phi) is 4.39. The number of benzene rings is 1. The van der Waals surface area contributed by atoms with Crippen molar-refractivity contribution >= 4 is 10.0 Å². The van der Waals surface area contributed by atoms with Crippen LogP contribution in [0.1, 0.15) is 16.8 Å². The zero-order chi connectivity index (χ0) is 15.6. The van der Waals surface area contributed by atoms with Crippen LogP contribution in [0.2, 0.25) is 0 Å². The van der Waals surface area contributed by atoms with E-state index in [0.29, 0.717) is 16.8 Å². The average molecular weight is 308 g/mol. The van der Waals surface area contributed by atoms with E-state index >= 15 is 0 Å². The van der Waals surface area contributed by atoms with E-state index in [1.807, 2.05) is 0 Å². The van der Waals surface area contributed by atoms with E-state index in [-0.39, 0.29) is 11.4 Å². The average Bonchev–Trinajstić information content (AvgIpc) is 2.38. The van der Waals surface area contributed by atoms with Gasteiger partial charge >= 0.3 is 0 Å². The fourth-order valence-corrected chi connectivity index (χ4v) is 3.81. The number of sulfonamides is 1.